The number of fused-ring (bicyclic) bond motifs is 2. The van der Waals surface area contributed by atoms with Gasteiger partial charge in [0.2, 0.25) is 0 Å². The van der Waals surface area contributed by atoms with Crippen molar-refractivity contribution in [3.8, 4) is 5.82 Å². The van der Waals surface area contributed by atoms with Crippen LogP contribution in [-0.4, -0.2) is 14.5 Å². The van der Waals surface area contributed by atoms with E-state index in [9.17, 15) is 0 Å². The van der Waals surface area contributed by atoms with Crippen LogP contribution in [0.25, 0.3) is 27.6 Å². The van der Waals surface area contributed by atoms with Crippen LogP contribution in [0.15, 0.2) is 67.1 Å². The van der Waals surface area contributed by atoms with Crippen molar-refractivity contribution in [1.82, 2.24) is 14.5 Å². The van der Waals surface area contributed by atoms with Crippen molar-refractivity contribution >= 4 is 21.8 Å². The molecule has 0 amide bonds. The SMILES string of the molecule is c1ccc2c(-n3cnc4ccccc43)nccc2c1. The van der Waals surface area contributed by atoms with Crippen molar-refractivity contribution in [2.45, 2.75) is 0 Å². The van der Waals surface area contributed by atoms with Crippen LogP contribution in [0.2, 0.25) is 0 Å². The van der Waals surface area contributed by atoms with Crippen molar-refractivity contribution in [1.29, 1.82) is 0 Å². The fourth-order valence-electron chi connectivity index (χ4n) is 2.42. The topological polar surface area (TPSA) is 30.7 Å². The van der Waals surface area contributed by atoms with E-state index >= 15 is 0 Å². The molecule has 2 heterocycles. The van der Waals surface area contributed by atoms with Crippen molar-refractivity contribution in [3.63, 3.8) is 0 Å². The average Bonchev–Trinajstić information content (AvgIpc) is 2.90. The second-order valence-electron chi connectivity index (χ2n) is 4.46. The zero-order valence-corrected chi connectivity index (χ0v) is 10.2. The Morgan fingerprint density at radius 1 is 0.789 bits per heavy atom. The van der Waals surface area contributed by atoms with Crippen LogP contribution >= 0.6 is 0 Å². The normalized spacial score (nSPS) is 11.2. The molecule has 0 spiro atoms. The molecule has 19 heavy (non-hydrogen) atoms. The molecule has 0 N–H and O–H groups in total. The third-order valence-corrected chi connectivity index (χ3v) is 3.33. The minimum absolute atomic E-state index is 0.923. The number of pyridine rings is 1. The molecule has 3 heteroatoms. The first-order chi connectivity index (χ1) is 9.43. The fraction of sp³-hybridized carbons (Fsp3) is 0. The Balaban J connectivity index is 2.10. The highest BCUT2D eigenvalue weighted by Crippen LogP contribution is 2.23. The van der Waals surface area contributed by atoms with E-state index in [0.29, 0.717) is 0 Å². The predicted molar refractivity (Wildman–Crippen MR) is 76.4 cm³/mol. The lowest BCUT2D eigenvalue weighted by Gasteiger charge is -2.07. The first-order valence-corrected chi connectivity index (χ1v) is 6.20. The second kappa shape index (κ2) is 3.92. The summed E-state index contributed by atoms with van der Waals surface area (Å²) in [6.45, 7) is 0. The Morgan fingerprint density at radius 3 is 2.63 bits per heavy atom. The van der Waals surface area contributed by atoms with Crippen molar-refractivity contribution in [2.75, 3.05) is 0 Å². The fourth-order valence-corrected chi connectivity index (χ4v) is 2.42. The van der Waals surface area contributed by atoms with Gasteiger partial charge in [-0.2, -0.15) is 0 Å². The maximum atomic E-state index is 4.52. The van der Waals surface area contributed by atoms with Crippen LogP contribution in [0.1, 0.15) is 0 Å². The first-order valence-electron chi connectivity index (χ1n) is 6.20. The van der Waals surface area contributed by atoms with Crippen LogP contribution < -0.4 is 0 Å². The minimum Gasteiger partial charge on any atom is -0.282 e. The number of rotatable bonds is 1. The zero-order chi connectivity index (χ0) is 12.7. The molecule has 0 aliphatic rings. The van der Waals surface area contributed by atoms with Crippen molar-refractivity contribution < 1.29 is 0 Å². The molecule has 0 saturated heterocycles. The van der Waals surface area contributed by atoms with E-state index in [4.69, 9.17) is 0 Å². The maximum absolute atomic E-state index is 4.52. The molecule has 3 nitrogen and oxygen atoms in total. The highest BCUT2D eigenvalue weighted by molar-refractivity contribution is 5.90. The van der Waals surface area contributed by atoms with Gasteiger partial charge in [-0.3, -0.25) is 4.57 Å². The van der Waals surface area contributed by atoms with E-state index in [2.05, 4.69) is 28.2 Å². The van der Waals surface area contributed by atoms with E-state index in [0.717, 1.165) is 22.2 Å². The zero-order valence-electron chi connectivity index (χ0n) is 10.2. The number of hydrogen-bond acceptors (Lipinski definition) is 2. The number of hydrogen-bond donors (Lipinski definition) is 0. The van der Waals surface area contributed by atoms with Gasteiger partial charge in [0.15, 0.2) is 0 Å². The van der Waals surface area contributed by atoms with Crippen LogP contribution in [-0.2, 0) is 0 Å². The van der Waals surface area contributed by atoms with E-state index in [1.54, 1.807) is 0 Å². The van der Waals surface area contributed by atoms with Gasteiger partial charge < -0.3 is 0 Å². The summed E-state index contributed by atoms with van der Waals surface area (Å²) in [6.07, 6.45) is 3.67. The van der Waals surface area contributed by atoms with Gasteiger partial charge in [0.25, 0.3) is 0 Å². The molecule has 90 valence electrons. The molecule has 0 fully saturated rings. The number of para-hydroxylation sites is 2. The van der Waals surface area contributed by atoms with Gasteiger partial charge in [-0.15, -0.1) is 0 Å². The molecule has 2 aromatic heterocycles. The highest BCUT2D eigenvalue weighted by Gasteiger charge is 2.07. The number of benzene rings is 2. The van der Waals surface area contributed by atoms with Gasteiger partial charge in [-0.1, -0.05) is 36.4 Å². The maximum Gasteiger partial charge on any atom is 0.146 e. The summed E-state index contributed by atoms with van der Waals surface area (Å²) in [7, 11) is 0. The molecule has 4 aromatic rings. The van der Waals surface area contributed by atoms with E-state index in [1.807, 2.05) is 53.5 Å². The van der Waals surface area contributed by atoms with Gasteiger partial charge in [0.05, 0.1) is 11.0 Å². The molecule has 2 aromatic carbocycles. The Hall–Kier alpha value is -2.68. The Kier molecular flexibility index (Phi) is 2.12. The van der Waals surface area contributed by atoms with Gasteiger partial charge in [0.1, 0.15) is 12.1 Å². The van der Waals surface area contributed by atoms with Crippen molar-refractivity contribution in [3.05, 3.63) is 67.1 Å². The summed E-state index contributed by atoms with van der Waals surface area (Å²) < 4.78 is 2.04. The Morgan fingerprint density at radius 2 is 1.63 bits per heavy atom. The van der Waals surface area contributed by atoms with Crippen LogP contribution in [0, 0.1) is 0 Å². The minimum atomic E-state index is 0.923. The average molecular weight is 245 g/mol. The number of imidazole rings is 1. The molecule has 0 radical (unpaired) electrons. The molecule has 0 saturated carbocycles. The lowest BCUT2D eigenvalue weighted by atomic mass is 10.1. The smallest absolute Gasteiger partial charge is 0.146 e. The Labute approximate surface area is 110 Å². The van der Waals surface area contributed by atoms with Gasteiger partial charge in [-0.25, -0.2) is 9.97 Å². The molecule has 0 atom stereocenters. The summed E-state index contributed by atoms with van der Waals surface area (Å²) in [4.78, 5) is 8.95. The van der Waals surface area contributed by atoms with Gasteiger partial charge in [0, 0.05) is 11.6 Å². The highest BCUT2D eigenvalue weighted by atomic mass is 15.1. The molecule has 0 bridgehead atoms. The molecule has 4 rings (SSSR count). The largest absolute Gasteiger partial charge is 0.282 e. The molecular weight excluding hydrogens is 234 g/mol. The third-order valence-electron chi connectivity index (χ3n) is 3.33. The standard InChI is InChI=1S/C16H11N3/c1-2-6-13-12(5-1)9-10-17-16(13)19-11-18-14-7-3-4-8-15(14)19/h1-11H. The summed E-state index contributed by atoms with van der Waals surface area (Å²) in [5, 5.41) is 2.32. The number of nitrogens with zero attached hydrogens (tertiary/aromatic N) is 3. The van der Waals surface area contributed by atoms with E-state index in [1.165, 1.54) is 5.39 Å². The number of aromatic nitrogens is 3. The molecule has 0 aliphatic heterocycles. The molecular formula is C16H11N3. The predicted octanol–water partition coefficient (Wildman–Crippen LogP) is 3.57. The van der Waals surface area contributed by atoms with Gasteiger partial charge in [-0.05, 0) is 23.6 Å². The lowest BCUT2D eigenvalue weighted by Crippen LogP contribution is -1.96. The second-order valence-corrected chi connectivity index (χ2v) is 4.46. The van der Waals surface area contributed by atoms with Gasteiger partial charge >= 0.3 is 0 Å². The summed E-state index contributed by atoms with van der Waals surface area (Å²) in [5.74, 6) is 0.923. The van der Waals surface area contributed by atoms with Crippen LogP contribution in [0.5, 0.6) is 0 Å². The third kappa shape index (κ3) is 1.52. The summed E-state index contributed by atoms with van der Waals surface area (Å²) in [5.41, 5.74) is 2.06. The van der Waals surface area contributed by atoms with Crippen LogP contribution in [0.4, 0.5) is 0 Å². The lowest BCUT2D eigenvalue weighted by molar-refractivity contribution is 1.04. The van der Waals surface area contributed by atoms with E-state index < -0.39 is 0 Å². The first kappa shape index (κ1) is 10.3. The molecule has 0 unspecified atom stereocenters. The van der Waals surface area contributed by atoms with Crippen LogP contribution in [0.3, 0.4) is 0 Å². The Bertz CT molecular complexity index is 872. The summed E-state index contributed by atoms with van der Waals surface area (Å²) >= 11 is 0. The van der Waals surface area contributed by atoms with E-state index in [-0.39, 0.29) is 0 Å². The molecule has 0 aliphatic carbocycles. The quantitative estimate of drug-likeness (QED) is 0.513. The summed E-state index contributed by atoms with van der Waals surface area (Å²) in [6, 6.07) is 18.4. The van der Waals surface area contributed by atoms with Crippen molar-refractivity contribution in [2.24, 2.45) is 0 Å². The monoisotopic (exact) mass is 245 g/mol.